The van der Waals surface area contributed by atoms with Crippen LogP contribution in [0.25, 0.3) is 0 Å². The van der Waals surface area contributed by atoms with Gasteiger partial charge in [0.2, 0.25) is 11.8 Å². The first-order chi connectivity index (χ1) is 17.1. The van der Waals surface area contributed by atoms with E-state index in [1.807, 2.05) is 64.4 Å². The second-order valence-corrected chi connectivity index (χ2v) is 9.67. The van der Waals surface area contributed by atoms with Crippen LogP contribution >= 0.6 is 0 Å². The molecule has 0 aliphatic carbocycles. The van der Waals surface area contributed by atoms with Crippen molar-refractivity contribution in [3.8, 4) is 11.5 Å². The minimum atomic E-state index is -0.286. The largest absolute Gasteiger partial charge is 0.496 e. The monoisotopic (exact) mass is 478 g/mol. The minimum Gasteiger partial charge on any atom is -0.496 e. The highest BCUT2D eigenvalue weighted by Crippen LogP contribution is 2.42. The predicted octanol–water partition coefficient (Wildman–Crippen LogP) is 5.09. The molecule has 6 heteroatoms. The number of benzene rings is 2. The fourth-order valence-corrected chi connectivity index (χ4v) is 5.38. The molecule has 4 rings (SSSR count). The molecule has 2 heterocycles. The Bertz CT molecular complexity index is 972. The number of para-hydroxylation sites is 2. The summed E-state index contributed by atoms with van der Waals surface area (Å²) in [7, 11) is 1.65. The van der Waals surface area contributed by atoms with Crippen LogP contribution < -0.4 is 9.47 Å². The number of unbranched alkanes of at least 4 members (excludes halogenated alkanes) is 1. The quantitative estimate of drug-likeness (QED) is 0.504. The van der Waals surface area contributed by atoms with Gasteiger partial charge in [-0.05, 0) is 49.8 Å². The summed E-state index contributed by atoms with van der Waals surface area (Å²) in [4.78, 5) is 30.8. The number of rotatable bonds is 9. The number of amides is 2. The lowest BCUT2D eigenvalue weighted by Gasteiger charge is -2.43. The van der Waals surface area contributed by atoms with Crippen LogP contribution in [0.2, 0.25) is 0 Å². The molecular formula is C29H38N2O4. The summed E-state index contributed by atoms with van der Waals surface area (Å²) in [6.07, 6.45) is 4.80. The summed E-state index contributed by atoms with van der Waals surface area (Å²) in [5, 5.41) is 0. The number of likely N-dealkylation sites (tertiary alicyclic amines) is 2. The SMILES string of the molecule is CCCCN1C(=O)CCC(C(=O)N2CCC(COc3ccccc3)CC2)C1c1ccccc1OC. The fourth-order valence-electron chi connectivity index (χ4n) is 5.38. The second-order valence-electron chi connectivity index (χ2n) is 9.67. The number of carbonyl (C=O) groups is 2. The number of carbonyl (C=O) groups excluding carboxylic acids is 2. The average molecular weight is 479 g/mol. The molecule has 2 aromatic rings. The zero-order valence-electron chi connectivity index (χ0n) is 21.0. The van der Waals surface area contributed by atoms with Crippen molar-refractivity contribution in [3.05, 3.63) is 60.2 Å². The maximum absolute atomic E-state index is 13.9. The third kappa shape index (κ3) is 5.98. The highest BCUT2D eigenvalue weighted by Gasteiger charge is 2.43. The maximum Gasteiger partial charge on any atom is 0.228 e. The van der Waals surface area contributed by atoms with Gasteiger partial charge in [-0.25, -0.2) is 0 Å². The van der Waals surface area contributed by atoms with Crippen molar-refractivity contribution in [2.45, 2.75) is 51.5 Å². The Balaban J connectivity index is 1.46. The van der Waals surface area contributed by atoms with Crippen LogP contribution in [0.5, 0.6) is 11.5 Å². The van der Waals surface area contributed by atoms with E-state index in [2.05, 4.69) is 6.92 Å². The van der Waals surface area contributed by atoms with Crippen LogP contribution in [0.3, 0.4) is 0 Å². The lowest BCUT2D eigenvalue weighted by atomic mass is 9.82. The third-order valence-electron chi connectivity index (χ3n) is 7.39. The van der Waals surface area contributed by atoms with Crippen LogP contribution in [0.4, 0.5) is 0 Å². The Kier molecular flexibility index (Phi) is 8.67. The number of nitrogens with zero attached hydrogens (tertiary/aromatic N) is 2. The smallest absolute Gasteiger partial charge is 0.228 e. The first kappa shape index (κ1) is 25.1. The topological polar surface area (TPSA) is 59.1 Å². The van der Waals surface area contributed by atoms with E-state index in [9.17, 15) is 9.59 Å². The molecule has 0 radical (unpaired) electrons. The Labute approximate surface area is 209 Å². The first-order valence-electron chi connectivity index (χ1n) is 13.0. The standard InChI is InChI=1S/C29H38N2O4/c1-3-4-18-31-27(32)15-14-25(28(31)24-12-8-9-13-26(24)34-2)29(33)30-19-16-22(17-20-30)21-35-23-10-6-5-7-11-23/h5-13,22,25,28H,3-4,14-21H2,1-2H3. The molecule has 0 saturated carbocycles. The molecule has 2 atom stereocenters. The molecule has 188 valence electrons. The van der Waals surface area contributed by atoms with Crippen molar-refractivity contribution in [3.63, 3.8) is 0 Å². The van der Waals surface area contributed by atoms with Gasteiger partial charge >= 0.3 is 0 Å². The minimum absolute atomic E-state index is 0.134. The zero-order valence-corrected chi connectivity index (χ0v) is 21.0. The number of ether oxygens (including phenoxy) is 2. The van der Waals surface area contributed by atoms with Crippen LogP contribution in [0.1, 0.15) is 57.1 Å². The van der Waals surface area contributed by atoms with Gasteiger partial charge in [0.1, 0.15) is 11.5 Å². The van der Waals surface area contributed by atoms with Crippen LogP contribution in [-0.2, 0) is 9.59 Å². The Morgan fingerprint density at radius 3 is 2.43 bits per heavy atom. The van der Waals surface area contributed by atoms with Crippen LogP contribution in [-0.4, -0.2) is 55.0 Å². The Morgan fingerprint density at radius 2 is 1.71 bits per heavy atom. The van der Waals surface area contributed by atoms with Gasteiger partial charge in [0.25, 0.3) is 0 Å². The number of piperidine rings is 2. The van der Waals surface area contributed by atoms with Gasteiger partial charge in [-0.2, -0.15) is 0 Å². The van der Waals surface area contributed by atoms with Gasteiger partial charge in [-0.3, -0.25) is 9.59 Å². The van der Waals surface area contributed by atoms with Gasteiger partial charge in [0.15, 0.2) is 0 Å². The molecule has 0 bridgehead atoms. The molecule has 2 saturated heterocycles. The summed E-state index contributed by atoms with van der Waals surface area (Å²) in [5.74, 6) is 2.12. The molecule has 35 heavy (non-hydrogen) atoms. The molecule has 2 fully saturated rings. The zero-order chi connectivity index (χ0) is 24.6. The fraction of sp³-hybridized carbons (Fsp3) is 0.517. The molecule has 2 aliphatic rings. The Hall–Kier alpha value is -3.02. The van der Waals surface area contributed by atoms with Crippen molar-refractivity contribution in [1.29, 1.82) is 0 Å². The summed E-state index contributed by atoms with van der Waals surface area (Å²) in [6.45, 7) is 4.94. The molecule has 2 aliphatic heterocycles. The van der Waals surface area contributed by atoms with Gasteiger partial charge in [0.05, 0.1) is 25.7 Å². The lowest BCUT2D eigenvalue weighted by molar-refractivity contribution is -0.149. The van der Waals surface area contributed by atoms with E-state index in [1.54, 1.807) is 7.11 Å². The van der Waals surface area contributed by atoms with Gasteiger partial charge in [0, 0.05) is 31.6 Å². The molecule has 2 unspecified atom stereocenters. The third-order valence-corrected chi connectivity index (χ3v) is 7.39. The van der Waals surface area contributed by atoms with Crippen molar-refractivity contribution in [1.82, 2.24) is 9.80 Å². The highest BCUT2D eigenvalue weighted by atomic mass is 16.5. The Morgan fingerprint density at radius 1 is 1.00 bits per heavy atom. The van der Waals surface area contributed by atoms with Gasteiger partial charge < -0.3 is 19.3 Å². The highest BCUT2D eigenvalue weighted by molar-refractivity contribution is 5.85. The maximum atomic E-state index is 13.9. The van der Waals surface area contributed by atoms with E-state index in [1.165, 1.54) is 0 Å². The van der Waals surface area contributed by atoms with Crippen LogP contribution in [0, 0.1) is 11.8 Å². The normalized spacial score (nSPS) is 21.1. The van der Waals surface area contributed by atoms with Crippen molar-refractivity contribution >= 4 is 11.8 Å². The first-order valence-corrected chi connectivity index (χ1v) is 13.0. The summed E-state index contributed by atoms with van der Waals surface area (Å²) in [5.41, 5.74) is 0.934. The number of hydrogen-bond donors (Lipinski definition) is 0. The lowest BCUT2D eigenvalue weighted by Crippen LogP contribution is -2.51. The predicted molar refractivity (Wildman–Crippen MR) is 136 cm³/mol. The van der Waals surface area contributed by atoms with Crippen molar-refractivity contribution in [2.75, 3.05) is 33.4 Å². The van der Waals surface area contributed by atoms with Gasteiger partial charge in [-0.15, -0.1) is 0 Å². The van der Waals surface area contributed by atoms with E-state index >= 15 is 0 Å². The number of methoxy groups -OCH3 is 1. The summed E-state index contributed by atoms with van der Waals surface area (Å²) >= 11 is 0. The molecule has 2 aromatic carbocycles. The number of hydrogen-bond acceptors (Lipinski definition) is 4. The molecule has 0 spiro atoms. The van der Waals surface area contributed by atoms with Crippen LogP contribution in [0.15, 0.2) is 54.6 Å². The van der Waals surface area contributed by atoms with Crippen molar-refractivity contribution < 1.29 is 19.1 Å². The van der Waals surface area contributed by atoms with Crippen molar-refractivity contribution in [2.24, 2.45) is 11.8 Å². The van der Waals surface area contributed by atoms with E-state index < -0.39 is 0 Å². The van der Waals surface area contributed by atoms with E-state index in [0.29, 0.717) is 31.9 Å². The summed E-state index contributed by atoms with van der Waals surface area (Å²) < 4.78 is 11.6. The van der Waals surface area contributed by atoms with E-state index in [-0.39, 0.29) is 23.8 Å². The molecule has 2 amide bonds. The van der Waals surface area contributed by atoms with E-state index in [4.69, 9.17) is 9.47 Å². The second kappa shape index (κ2) is 12.1. The average Bonchev–Trinajstić information content (AvgIpc) is 2.91. The molecule has 0 aromatic heterocycles. The van der Waals surface area contributed by atoms with E-state index in [0.717, 1.165) is 55.8 Å². The molecule has 0 N–H and O–H groups in total. The molecule has 6 nitrogen and oxygen atoms in total. The van der Waals surface area contributed by atoms with Gasteiger partial charge in [-0.1, -0.05) is 49.7 Å². The molecular weight excluding hydrogens is 440 g/mol. The summed E-state index contributed by atoms with van der Waals surface area (Å²) in [6, 6.07) is 17.4.